The van der Waals surface area contributed by atoms with E-state index < -0.39 is 0 Å². The lowest BCUT2D eigenvalue weighted by Gasteiger charge is -2.07. The number of rotatable bonds is 8. The summed E-state index contributed by atoms with van der Waals surface area (Å²) in [7, 11) is 0. The van der Waals surface area contributed by atoms with E-state index in [1.165, 1.54) is 24.8 Å². The fourth-order valence-electron chi connectivity index (χ4n) is 1.96. The quantitative estimate of drug-likeness (QED) is 0.490. The van der Waals surface area contributed by atoms with E-state index in [4.69, 9.17) is 4.74 Å². The molecule has 0 radical (unpaired) electrons. The number of esters is 1. The molecule has 0 unspecified atom stereocenters. The molecule has 0 heterocycles. The Morgan fingerprint density at radius 2 is 1.68 bits per heavy atom. The van der Waals surface area contributed by atoms with E-state index in [2.05, 4.69) is 20.8 Å². The maximum atomic E-state index is 11.8. The van der Waals surface area contributed by atoms with Crippen molar-refractivity contribution in [2.45, 2.75) is 58.8 Å². The van der Waals surface area contributed by atoms with Gasteiger partial charge in [0, 0.05) is 0 Å². The Labute approximate surface area is 117 Å². The lowest BCUT2D eigenvalue weighted by atomic mass is 10.0. The number of benzene rings is 1. The summed E-state index contributed by atoms with van der Waals surface area (Å²) < 4.78 is 5.27. The molecule has 1 aromatic carbocycles. The van der Waals surface area contributed by atoms with Crippen LogP contribution in [0.4, 0.5) is 0 Å². The molecule has 0 aliphatic carbocycles. The van der Waals surface area contributed by atoms with Crippen molar-refractivity contribution < 1.29 is 9.53 Å². The normalized spacial score (nSPS) is 10.7. The van der Waals surface area contributed by atoms with Crippen molar-refractivity contribution in [3.8, 4) is 0 Å². The van der Waals surface area contributed by atoms with Crippen LogP contribution in [0.25, 0.3) is 0 Å². The summed E-state index contributed by atoms with van der Waals surface area (Å²) in [5.41, 5.74) is 1.90. The predicted octanol–water partition coefficient (Wildman–Crippen LogP) is 4.94. The molecular weight excluding hydrogens is 236 g/mol. The van der Waals surface area contributed by atoms with Crippen molar-refractivity contribution >= 4 is 5.97 Å². The third-order valence-corrected chi connectivity index (χ3v) is 3.29. The van der Waals surface area contributed by atoms with Crippen molar-refractivity contribution in [2.75, 3.05) is 6.61 Å². The smallest absolute Gasteiger partial charge is 0.338 e. The predicted molar refractivity (Wildman–Crippen MR) is 79.6 cm³/mol. The number of ether oxygens (including phenoxy) is 1. The molecule has 0 amide bonds. The third kappa shape index (κ3) is 5.91. The van der Waals surface area contributed by atoms with E-state index in [0.29, 0.717) is 18.1 Å². The van der Waals surface area contributed by atoms with E-state index in [1.807, 2.05) is 24.3 Å². The van der Waals surface area contributed by atoms with E-state index >= 15 is 0 Å². The van der Waals surface area contributed by atoms with Gasteiger partial charge < -0.3 is 4.74 Å². The Hall–Kier alpha value is -1.31. The zero-order chi connectivity index (χ0) is 14.1. The van der Waals surface area contributed by atoms with E-state index in [-0.39, 0.29) is 5.97 Å². The van der Waals surface area contributed by atoms with Gasteiger partial charge in [0.1, 0.15) is 0 Å². The molecule has 1 rings (SSSR count). The number of carbonyl (C=O) groups is 1. The first kappa shape index (κ1) is 15.7. The van der Waals surface area contributed by atoms with E-state index in [1.54, 1.807) is 0 Å². The van der Waals surface area contributed by atoms with Crippen LogP contribution in [0.3, 0.4) is 0 Å². The second-order valence-corrected chi connectivity index (χ2v) is 5.33. The lowest BCUT2D eigenvalue weighted by molar-refractivity contribution is 0.0497. The first-order valence-corrected chi connectivity index (χ1v) is 7.42. The summed E-state index contributed by atoms with van der Waals surface area (Å²) in [6.07, 6.45) is 5.85. The molecule has 0 aliphatic heterocycles. The number of carbonyl (C=O) groups excluding carboxylic acids is 1. The van der Waals surface area contributed by atoms with Crippen molar-refractivity contribution in [3.63, 3.8) is 0 Å². The average Bonchev–Trinajstić information content (AvgIpc) is 2.42. The zero-order valence-electron chi connectivity index (χ0n) is 12.4. The Bertz CT molecular complexity index is 365. The van der Waals surface area contributed by atoms with Crippen LogP contribution in [0.15, 0.2) is 24.3 Å². The van der Waals surface area contributed by atoms with Gasteiger partial charge in [-0.2, -0.15) is 0 Å². The Morgan fingerprint density at radius 3 is 2.26 bits per heavy atom. The number of unbranched alkanes of at least 4 members (excludes halogenated alkanes) is 4. The summed E-state index contributed by atoms with van der Waals surface area (Å²) in [6.45, 7) is 7.02. The van der Waals surface area contributed by atoms with Crippen LogP contribution in [-0.2, 0) is 4.74 Å². The summed E-state index contributed by atoms with van der Waals surface area (Å²) in [6, 6.07) is 7.72. The molecule has 0 aromatic heterocycles. The van der Waals surface area contributed by atoms with Crippen molar-refractivity contribution in [2.24, 2.45) is 0 Å². The molecule has 0 saturated heterocycles. The van der Waals surface area contributed by atoms with Gasteiger partial charge in [0.05, 0.1) is 12.2 Å². The minimum atomic E-state index is -0.203. The zero-order valence-corrected chi connectivity index (χ0v) is 12.4. The molecular formula is C17H26O2. The van der Waals surface area contributed by atoms with Gasteiger partial charge in [-0.25, -0.2) is 4.79 Å². The van der Waals surface area contributed by atoms with Crippen LogP contribution < -0.4 is 0 Å². The highest BCUT2D eigenvalue weighted by molar-refractivity contribution is 5.89. The van der Waals surface area contributed by atoms with Gasteiger partial charge >= 0.3 is 5.97 Å². The number of hydrogen-bond donors (Lipinski definition) is 0. The van der Waals surface area contributed by atoms with Crippen LogP contribution in [0.2, 0.25) is 0 Å². The van der Waals surface area contributed by atoms with E-state index in [0.717, 1.165) is 12.8 Å². The molecule has 106 valence electrons. The van der Waals surface area contributed by atoms with Crippen molar-refractivity contribution in [3.05, 3.63) is 35.4 Å². The topological polar surface area (TPSA) is 26.3 Å². The first-order chi connectivity index (χ1) is 9.15. The molecule has 0 bridgehead atoms. The molecule has 1 aromatic rings. The molecule has 19 heavy (non-hydrogen) atoms. The minimum absolute atomic E-state index is 0.203. The van der Waals surface area contributed by atoms with Crippen LogP contribution >= 0.6 is 0 Å². The van der Waals surface area contributed by atoms with Gasteiger partial charge in [-0.05, 0) is 30.0 Å². The average molecular weight is 262 g/mol. The second-order valence-electron chi connectivity index (χ2n) is 5.33. The molecule has 0 fully saturated rings. The van der Waals surface area contributed by atoms with Gasteiger partial charge in [0.2, 0.25) is 0 Å². The lowest BCUT2D eigenvalue weighted by Crippen LogP contribution is -2.06. The molecule has 2 nitrogen and oxygen atoms in total. The van der Waals surface area contributed by atoms with Crippen molar-refractivity contribution in [1.29, 1.82) is 0 Å². The molecule has 2 heteroatoms. The highest BCUT2D eigenvalue weighted by Crippen LogP contribution is 2.15. The van der Waals surface area contributed by atoms with Gasteiger partial charge in [-0.3, -0.25) is 0 Å². The highest BCUT2D eigenvalue weighted by atomic mass is 16.5. The monoisotopic (exact) mass is 262 g/mol. The standard InChI is InChI=1S/C17H26O2/c1-4-5-6-7-8-13-19-17(18)16-11-9-15(10-12-16)14(2)3/h9-12,14H,4-8,13H2,1-3H3. The van der Waals surface area contributed by atoms with Crippen LogP contribution in [0.5, 0.6) is 0 Å². The second kappa shape index (κ2) is 8.73. The third-order valence-electron chi connectivity index (χ3n) is 3.29. The SMILES string of the molecule is CCCCCCCOC(=O)c1ccc(C(C)C)cc1. The van der Waals surface area contributed by atoms with E-state index in [9.17, 15) is 4.79 Å². The van der Waals surface area contributed by atoms with Crippen LogP contribution in [-0.4, -0.2) is 12.6 Å². The molecule has 0 atom stereocenters. The fourth-order valence-corrected chi connectivity index (χ4v) is 1.96. The summed E-state index contributed by atoms with van der Waals surface area (Å²) >= 11 is 0. The van der Waals surface area contributed by atoms with Crippen LogP contribution in [0, 0.1) is 0 Å². The largest absolute Gasteiger partial charge is 0.462 e. The van der Waals surface area contributed by atoms with Gasteiger partial charge in [-0.1, -0.05) is 58.6 Å². The Kier molecular flexibility index (Phi) is 7.24. The highest BCUT2D eigenvalue weighted by Gasteiger charge is 2.07. The van der Waals surface area contributed by atoms with Gasteiger partial charge in [0.15, 0.2) is 0 Å². The first-order valence-electron chi connectivity index (χ1n) is 7.42. The summed E-state index contributed by atoms with van der Waals surface area (Å²) in [4.78, 5) is 11.8. The maximum Gasteiger partial charge on any atom is 0.338 e. The molecule has 0 saturated carbocycles. The fraction of sp³-hybridized carbons (Fsp3) is 0.588. The minimum Gasteiger partial charge on any atom is -0.462 e. The van der Waals surface area contributed by atoms with Crippen LogP contribution in [0.1, 0.15) is 74.7 Å². The summed E-state index contributed by atoms with van der Waals surface area (Å²) in [5.74, 6) is 0.287. The molecule has 0 N–H and O–H groups in total. The van der Waals surface area contributed by atoms with Gasteiger partial charge in [-0.15, -0.1) is 0 Å². The molecule has 0 aliphatic rings. The maximum absolute atomic E-state index is 11.8. The van der Waals surface area contributed by atoms with Crippen molar-refractivity contribution in [1.82, 2.24) is 0 Å². The van der Waals surface area contributed by atoms with Gasteiger partial charge in [0.25, 0.3) is 0 Å². The summed E-state index contributed by atoms with van der Waals surface area (Å²) in [5, 5.41) is 0. The molecule has 0 spiro atoms. The Morgan fingerprint density at radius 1 is 1.05 bits per heavy atom. The Balaban J connectivity index is 2.29. The number of hydrogen-bond acceptors (Lipinski definition) is 2.